The third-order valence-corrected chi connectivity index (χ3v) is 4.63. The minimum atomic E-state index is 0.629. The van der Waals surface area contributed by atoms with Crippen LogP contribution in [0.1, 0.15) is 25.0 Å². The second-order valence-electron chi connectivity index (χ2n) is 4.97. The first-order chi connectivity index (χ1) is 8.06. The normalized spacial score (nSPS) is 19.6. The van der Waals surface area contributed by atoms with Crippen LogP contribution in [0, 0.1) is 19.8 Å². The first-order valence-corrected chi connectivity index (χ1v) is 6.99. The predicted molar refractivity (Wildman–Crippen MR) is 78.1 cm³/mol. The average molecular weight is 248 g/mol. The summed E-state index contributed by atoms with van der Waals surface area (Å²) in [4.78, 5) is 4.55. The van der Waals surface area contributed by atoms with Gasteiger partial charge in [0.15, 0.2) is 5.17 Å². The Kier molecular flexibility index (Phi) is 3.77. The van der Waals surface area contributed by atoms with Crippen LogP contribution in [-0.2, 0) is 0 Å². The molecule has 1 unspecified atom stereocenters. The van der Waals surface area contributed by atoms with Gasteiger partial charge in [-0.1, -0.05) is 31.7 Å². The van der Waals surface area contributed by atoms with E-state index in [1.54, 1.807) is 0 Å². The van der Waals surface area contributed by atoms with Crippen LogP contribution in [0.3, 0.4) is 0 Å². The number of aryl methyl sites for hydroxylation is 2. The summed E-state index contributed by atoms with van der Waals surface area (Å²) in [6.45, 7) is 9.73. The highest BCUT2D eigenvalue weighted by atomic mass is 32.2. The van der Waals surface area contributed by atoms with Gasteiger partial charge in [0.2, 0.25) is 0 Å². The maximum Gasteiger partial charge on any atom is 0.161 e. The summed E-state index contributed by atoms with van der Waals surface area (Å²) in [6, 6.07) is 6.45. The Labute approximate surface area is 108 Å². The molecule has 1 aliphatic heterocycles. The van der Waals surface area contributed by atoms with Crippen molar-refractivity contribution in [2.45, 2.75) is 32.9 Å². The van der Waals surface area contributed by atoms with Crippen LogP contribution in [0.15, 0.2) is 23.2 Å². The molecule has 0 saturated carbocycles. The van der Waals surface area contributed by atoms with Gasteiger partial charge in [0.05, 0.1) is 6.54 Å². The Morgan fingerprint density at radius 3 is 2.65 bits per heavy atom. The lowest BCUT2D eigenvalue weighted by Gasteiger charge is -2.12. The molecule has 1 aliphatic rings. The molecule has 0 fully saturated rings. The monoisotopic (exact) mass is 248 g/mol. The number of hydrogen-bond donors (Lipinski definition) is 1. The molecule has 92 valence electrons. The summed E-state index contributed by atoms with van der Waals surface area (Å²) < 4.78 is 0. The third kappa shape index (κ3) is 3.03. The highest BCUT2D eigenvalue weighted by Crippen LogP contribution is 2.28. The van der Waals surface area contributed by atoms with E-state index in [0.717, 1.165) is 17.4 Å². The van der Waals surface area contributed by atoms with Crippen molar-refractivity contribution in [2.24, 2.45) is 10.9 Å². The molecule has 0 radical (unpaired) electrons. The molecule has 3 heteroatoms. The van der Waals surface area contributed by atoms with E-state index in [9.17, 15) is 0 Å². The van der Waals surface area contributed by atoms with Gasteiger partial charge < -0.3 is 5.32 Å². The van der Waals surface area contributed by atoms with Crippen molar-refractivity contribution in [1.82, 2.24) is 0 Å². The lowest BCUT2D eigenvalue weighted by atomic mass is 10.1. The van der Waals surface area contributed by atoms with E-state index < -0.39 is 0 Å². The number of aliphatic imine (C=N–C) groups is 1. The minimum Gasteiger partial charge on any atom is -0.335 e. The molecule has 2 rings (SSSR count). The Hall–Kier alpha value is -0.960. The van der Waals surface area contributed by atoms with Crippen LogP contribution in [0.4, 0.5) is 5.69 Å². The van der Waals surface area contributed by atoms with Crippen molar-refractivity contribution in [2.75, 3.05) is 11.9 Å². The van der Waals surface area contributed by atoms with E-state index in [-0.39, 0.29) is 0 Å². The molecular formula is C14H20N2S. The zero-order chi connectivity index (χ0) is 12.4. The topological polar surface area (TPSA) is 24.4 Å². The van der Waals surface area contributed by atoms with Gasteiger partial charge in [0.25, 0.3) is 0 Å². The van der Waals surface area contributed by atoms with E-state index in [4.69, 9.17) is 0 Å². The van der Waals surface area contributed by atoms with Crippen molar-refractivity contribution >= 4 is 22.6 Å². The molecule has 2 nitrogen and oxygen atoms in total. The molecule has 1 aromatic rings. The summed E-state index contributed by atoms with van der Waals surface area (Å²) in [5.74, 6) is 0.683. The van der Waals surface area contributed by atoms with Crippen LogP contribution in [0.25, 0.3) is 0 Å². The second-order valence-corrected chi connectivity index (χ2v) is 6.20. The number of benzene rings is 1. The first-order valence-electron chi connectivity index (χ1n) is 6.11. The molecule has 0 saturated heterocycles. The van der Waals surface area contributed by atoms with Crippen LogP contribution in [0.5, 0.6) is 0 Å². The molecule has 17 heavy (non-hydrogen) atoms. The fourth-order valence-corrected chi connectivity index (χ4v) is 2.78. The molecule has 0 aromatic heterocycles. The highest BCUT2D eigenvalue weighted by molar-refractivity contribution is 8.15. The molecule has 1 heterocycles. The standard InChI is InChI=1S/C14H20N2S/c1-9(2)13-8-15-14(17-13)16-12-6-5-10(3)11(4)7-12/h5-7,9,13H,8H2,1-4H3,(H,15,16). The minimum absolute atomic E-state index is 0.629. The summed E-state index contributed by atoms with van der Waals surface area (Å²) in [6.07, 6.45) is 0. The van der Waals surface area contributed by atoms with Crippen molar-refractivity contribution in [3.8, 4) is 0 Å². The largest absolute Gasteiger partial charge is 0.335 e. The quantitative estimate of drug-likeness (QED) is 0.860. The second kappa shape index (κ2) is 5.13. The first kappa shape index (κ1) is 12.5. The van der Waals surface area contributed by atoms with Crippen LogP contribution < -0.4 is 5.32 Å². The number of nitrogens with zero attached hydrogens (tertiary/aromatic N) is 1. The lowest BCUT2D eigenvalue weighted by Crippen LogP contribution is -2.13. The maximum absolute atomic E-state index is 4.55. The van der Waals surface area contributed by atoms with Gasteiger partial charge >= 0.3 is 0 Å². The summed E-state index contributed by atoms with van der Waals surface area (Å²) in [5.41, 5.74) is 3.79. The molecular weight excluding hydrogens is 228 g/mol. The van der Waals surface area contributed by atoms with Crippen molar-refractivity contribution in [3.05, 3.63) is 29.3 Å². The average Bonchev–Trinajstić information content (AvgIpc) is 2.72. The van der Waals surface area contributed by atoms with Crippen LogP contribution in [-0.4, -0.2) is 17.0 Å². The van der Waals surface area contributed by atoms with Crippen molar-refractivity contribution in [1.29, 1.82) is 0 Å². The molecule has 1 atom stereocenters. The fraction of sp³-hybridized carbons (Fsp3) is 0.500. The number of amidine groups is 1. The van der Waals surface area contributed by atoms with Crippen LogP contribution in [0.2, 0.25) is 0 Å². The van der Waals surface area contributed by atoms with Gasteiger partial charge in [-0.05, 0) is 43.0 Å². The Balaban J connectivity index is 2.00. The Bertz CT molecular complexity index is 438. The number of thioether (sulfide) groups is 1. The van der Waals surface area contributed by atoms with Gasteiger partial charge in [-0.3, -0.25) is 4.99 Å². The fourth-order valence-electron chi connectivity index (χ4n) is 1.75. The lowest BCUT2D eigenvalue weighted by molar-refractivity contribution is 0.621. The summed E-state index contributed by atoms with van der Waals surface area (Å²) >= 11 is 1.86. The molecule has 0 amide bonds. The maximum atomic E-state index is 4.55. The summed E-state index contributed by atoms with van der Waals surface area (Å²) in [5, 5.41) is 5.10. The van der Waals surface area contributed by atoms with Gasteiger partial charge in [0, 0.05) is 10.9 Å². The van der Waals surface area contributed by atoms with Gasteiger partial charge in [-0.15, -0.1) is 0 Å². The number of anilines is 1. The Morgan fingerprint density at radius 1 is 1.29 bits per heavy atom. The van der Waals surface area contributed by atoms with Crippen molar-refractivity contribution in [3.63, 3.8) is 0 Å². The zero-order valence-corrected chi connectivity index (χ0v) is 11.8. The van der Waals surface area contributed by atoms with E-state index in [1.807, 2.05) is 11.8 Å². The smallest absolute Gasteiger partial charge is 0.161 e. The predicted octanol–water partition coefficient (Wildman–Crippen LogP) is 3.84. The van der Waals surface area contributed by atoms with Crippen molar-refractivity contribution < 1.29 is 0 Å². The summed E-state index contributed by atoms with van der Waals surface area (Å²) in [7, 11) is 0. The number of rotatable bonds is 2. The van der Waals surface area contributed by atoms with E-state index in [2.05, 4.69) is 56.2 Å². The van der Waals surface area contributed by atoms with Crippen LogP contribution >= 0.6 is 11.8 Å². The molecule has 0 spiro atoms. The number of nitrogens with one attached hydrogen (secondary N) is 1. The molecule has 0 aliphatic carbocycles. The highest BCUT2D eigenvalue weighted by Gasteiger charge is 2.22. The molecule has 1 N–H and O–H groups in total. The van der Waals surface area contributed by atoms with Gasteiger partial charge in [0.1, 0.15) is 0 Å². The van der Waals surface area contributed by atoms with E-state index >= 15 is 0 Å². The number of hydrogen-bond acceptors (Lipinski definition) is 3. The third-order valence-electron chi connectivity index (χ3n) is 3.18. The Morgan fingerprint density at radius 2 is 2.06 bits per heavy atom. The van der Waals surface area contributed by atoms with Gasteiger partial charge in [-0.2, -0.15) is 0 Å². The van der Waals surface area contributed by atoms with E-state index in [0.29, 0.717) is 11.2 Å². The van der Waals surface area contributed by atoms with Gasteiger partial charge in [-0.25, -0.2) is 0 Å². The molecule has 0 bridgehead atoms. The van der Waals surface area contributed by atoms with E-state index in [1.165, 1.54) is 11.1 Å². The molecule has 1 aromatic carbocycles. The SMILES string of the molecule is Cc1ccc(NC2=NCC(C(C)C)S2)cc1C. The zero-order valence-electron chi connectivity index (χ0n) is 10.9.